The van der Waals surface area contributed by atoms with E-state index in [4.69, 9.17) is 14.2 Å². The Morgan fingerprint density at radius 3 is 2.26 bits per heavy atom. The van der Waals surface area contributed by atoms with Gasteiger partial charge in [0.05, 0.1) is 32.5 Å². The molecule has 0 bridgehead atoms. The molecule has 1 saturated heterocycles. The Morgan fingerprint density at radius 1 is 1.00 bits per heavy atom. The highest BCUT2D eigenvalue weighted by Crippen LogP contribution is 2.37. The van der Waals surface area contributed by atoms with Crippen LogP contribution in [0, 0.1) is 11.8 Å². The summed E-state index contributed by atoms with van der Waals surface area (Å²) in [6.45, 7) is 5.82. The lowest BCUT2D eigenvalue weighted by Crippen LogP contribution is -2.37. The molecule has 0 aromatic carbocycles. The maximum absolute atomic E-state index is 14.0. The fraction of sp³-hybridized carbons (Fsp3) is 0.818. The van der Waals surface area contributed by atoms with E-state index in [1.165, 1.54) is 52.6 Å². The molecule has 0 amide bonds. The molecule has 2 fully saturated rings. The Morgan fingerprint density at radius 2 is 1.70 bits per heavy atom. The smallest absolute Gasteiger partial charge is 0.196 e. The number of rotatable bonds is 8. The second kappa shape index (κ2) is 11.2. The van der Waals surface area contributed by atoms with Crippen LogP contribution in [0.1, 0.15) is 72.1 Å². The lowest BCUT2D eigenvalue weighted by Gasteiger charge is -2.37. The van der Waals surface area contributed by atoms with Crippen LogP contribution in [0.25, 0.3) is 0 Å². The second-order valence-electron chi connectivity index (χ2n) is 8.12. The van der Waals surface area contributed by atoms with Gasteiger partial charge in [-0.05, 0) is 56.9 Å². The van der Waals surface area contributed by atoms with E-state index in [9.17, 15) is 8.78 Å². The number of methoxy groups -OCH3 is 1. The summed E-state index contributed by atoms with van der Waals surface area (Å²) in [5, 5.41) is 0. The van der Waals surface area contributed by atoms with Crippen molar-refractivity contribution in [1.82, 2.24) is 0 Å². The van der Waals surface area contributed by atoms with E-state index in [-0.39, 0.29) is 24.0 Å². The molecule has 1 aliphatic carbocycles. The SMILES string of the molecule is CCCC1CCC(C2CCC(OC/C(C)=C(F)/C(F)=C(\C)OC)CO2)CC1. The Labute approximate surface area is 163 Å². The van der Waals surface area contributed by atoms with Crippen LogP contribution in [0.4, 0.5) is 8.78 Å². The van der Waals surface area contributed by atoms with Crippen molar-refractivity contribution in [1.29, 1.82) is 0 Å². The average Bonchev–Trinajstić information content (AvgIpc) is 2.71. The van der Waals surface area contributed by atoms with E-state index in [1.54, 1.807) is 6.92 Å². The van der Waals surface area contributed by atoms with Crippen LogP contribution < -0.4 is 0 Å². The normalized spacial score (nSPS) is 31.2. The monoisotopic (exact) mass is 386 g/mol. The van der Waals surface area contributed by atoms with Crippen molar-refractivity contribution in [3.05, 3.63) is 23.0 Å². The summed E-state index contributed by atoms with van der Waals surface area (Å²) in [5.41, 5.74) is 0.236. The summed E-state index contributed by atoms with van der Waals surface area (Å²) in [7, 11) is 1.32. The Hall–Kier alpha value is -0.940. The maximum Gasteiger partial charge on any atom is 0.196 e. The lowest BCUT2D eigenvalue weighted by molar-refractivity contribution is -0.104. The molecular formula is C22H36F2O3. The van der Waals surface area contributed by atoms with Crippen LogP contribution in [0.3, 0.4) is 0 Å². The lowest BCUT2D eigenvalue weighted by atomic mass is 9.76. The van der Waals surface area contributed by atoms with E-state index >= 15 is 0 Å². The van der Waals surface area contributed by atoms with Gasteiger partial charge in [-0.25, -0.2) is 8.78 Å². The van der Waals surface area contributed by atoms with Crippen LogP contribution >= 0.6 is 0 Å². The molecule has 0 spiro atoms. The topological polar surface area (TPSA) is 27.7 Å². The predicted octanol–water partition coefficient (Wildman–Crippen LogP) is 6.25. The largest absolute Gasteiger partial charge is 0.498 e. The average molecular weight is 387 g/mol. The number of hydrogen-bond donors (Lipinski definition) is 0. The summed E-state index contributed by atoms with van der Waals surface area (Å²) < 4.78 is 44.4. The third-order valence-corrected chi connectivity index (χ3v) is 6.10. The van der Waals surface area contributed by atoms with Gasteiger partial charge in [-0.15, -0.1) is 0 Å². The molecule has 5 heteroatoms. The van der Waals surface area contributed by atoms with E-state index in [1.807, 2.05) is 0 Å². The quantitative estimate of drug-likeness (QED) is 0.365. The molecule has 2 aliphatic rings. The number of halogens is 2. The molecule has 1 aliphatic heterocycles. The minimum Gasteiger partial charge on any atom is -0.498 e. The van der Waals surface area contributed by atoms with Crippen molar-refractivity contribution < 1.29 is 23.0 Å². The first-order chi connectivity index (χ1) is 13.0. The van der Waals surface area contributed by atoms with Gasteiger partial charge in [-0.3, -0.25) is 0 Å². The van der Waals surface area contributed by atoms with Crippen molar-refractivity contribution >= 4 is 0 Å². The van der Waals surface area contributed by atoms with Gasteiger partial charge in [-0.1, -0.05) is 32.6 Å². The van der Waals surface area contributed by atoms with Gasteiger partial charge >= 0.3 is 0 Å². The van der Waals surface area contributed by atoms with Crippen LogP contribution in [-0.4, -0.2) is 32.5 Å². The zero-order valence-corrected chi connectivity index (χ0v) is 17.4. The predicted molar refractivity (Wildman–Crippen MR) is 104 cm³/mol. The van der Waals surface area contributed by atoms with Gasteiger partial charge in [0.25, 0.3) is 0 Å². The molecule has 0 aromatic heterocycles. The van der Waals surface area contributed by atoms with Crippen molar-refractivity contribution in [2.75, 3.05) is 20.3 Å². The number of ether oxygens (including phenoxy) is 3. The molecule has 2 unspecified atom stereocenters. The van der Waals surface area contributed by atoms with Gasteiger partial charge in [0.15, 0.2) is 11.7 Å². The van der Waals surface area contributed by atoms with Gasteiger partial charge in [0.1, 0.15) is 5.76 Å². The Kier molecular flexibility index (Phi) is 9.24. The molecule has 0 N–H and O–H groups in total. The second-order valence-corrected chi connectivity index (χ2v) is 8.12. The first-order valence-electron chi connectivity index (χ1n) is 10.4. The first kappa shape index (κ1) is 22.4. The molecule has 0 aromatic rings. The zero-order valence-electron chi connectivity index (χ0n) is 17.4. The van der Waals surface area contributed by atoms with Gasteiger partial charge in [0, 0.05) is 0 Å². The van der Waals surface area contributed by atoms with Gasteiger partial charge in [-0.2, -0.15) is 0 Å². The third kappa shape index (κ3) is 6.56. The van der Waals surface area contributed by atoms with Crippen molar-refractivity contribution in [2.45, 2.75) is 84.3 Å². The van der Waals surface area contributed by atoms with E-state index in [0.29, 0.717) is 18.6 Å². The van der Waals surface area contributed by atoms with Crippen molar-refractivity contribution in [3.63, 3.8) is 0 Å². The molecule has 1 heterocycles. The highest BCUT2D eigenvalue weighted by molar-refractivity contribution is 5.26. The molecule has 1 saturated carbocycles. The third-order valence-electron chi connectivity index (χ3n) is 6.10. The minimum absolute atomic E-state index is 0.0454. The van der Waals surface area contributed by atoms with Gasteiger partial charge in [0.2, 0.25) is 0 Å². The van der Waals surface area contributed by atoms with E-state index in [2.05, 4.69) is 6.92 Å². The van der Waals surface area contributed by atoms with Crippen molar-refractivity contribution in [3.8, 4) is 0 Å². The summed E-state index contributed by atoms with van der Waals surface area (Å²) >= 11 is 0. The Bertz CT molecular complexity index is 514. The summed E-state index contributed by atoms with van der Waals surface area (Å²) in [6, 6.07) is 0. The number of allylic oxidation sites excluding steroid dienone is 3. The van der Waals surface area contributed by atoms with Crippen LogP contribution in [0.15, 0.2) is 23.0 Å². The molecule has 2 atom stereocenters. The van der Waals surface area contributed by atoms with Crippen LogP contribution in [-0.2, 0) is 14.2 Å². The molecule has 27 heavy (non-hydrogen) atoms. The first-order valence-corrected chi connectivity index (χ1v) is 10.4. The summed E-state index contributed by atoms with van der Waals surface area (Å²) in [4.78, 5) is 0. The highest BCUT2D eigenvalue weighted by atomic mass is 19.2. The Balaban J connectivity index is 1.73. The summed E-state index contributed by atoms with van der Waals surface area (Å²) in [5.74, 6) is -0.337. The fourth-order valence-electron chi connectivity index (χ4n) is 4.25. The van der Waals surface area contributed by atoms with E-state index < -0.39 is 11.7 Å². The highest BCUT2D eigenvalue weighted by Gasteiger charge is 2.31. The van der Waals surface area contributed by atoms with Crippen LogP contribution in [0.2, 0.25) is 0 Å². The standard InChI is InChI=1S/C22H36F2O3/c1-5-6-17-7-9-18(10-8-17)20-12-11-19(14-27-20)26-13-15(2)21(23)22(24)16(3)25-4/h17-20H,5-14H2,1-4H3/b21-15-,22-16-. The van der Waals surface area contributed by atoms with Gasteiger partial charge < -0.3 is 14.2 Å². The fourth-order valence-corrected chi connectivity index (χ4v) is 4.25. The molecule has 2 rings (SSSR count). The molecule has 0 radical (unpaired) electrons. The zero-order chi connectivity index (χ0) is 19.8. The van der Waals surface area contributed by atoms with Crippen LogP contribution in [0.5, 0.6) is 0 Å². The minimum atomic E-state index is -0.961. The molecular weight excluding hydrogens is 350 g/mol. The molecule has 3 nitrogen and oxygen atoms in total. The van der Waals surface area contributed by atoms with Crippen molar-refractivity contribution in [2.24, 2.45) is 11.8 Å². The number of hydrogen-bond acceptors (Lipinski definition) is 3. The maximum atomic E-state index is 14.0. The van der Waals surface area contributed by atoms with E-state index in [0.717, 1.165) is 18.8 Å². The molecule has 156 valence electrons. The summed E-state index contributed by atoms with van der Waals surface area (Å²) in [6.07, 6.45) is 10.1.